The van der Waals surface area contributed by atoms with Crippen LogP contribution in [0.3, 0.4) is 0 Å². The number of aliphatic hydroxyl groups is 1. The normalized spacial score (nSPS) is 12.0. The van der Waals surface area contributed by atoms with Crippen LogP contribution in [0.5, 0.6) is 5.75 Å². The van der Waals surface area contributed by atoms with E-state index in [1.165, 1.54) is 49.6 Å². The van der Waals surface area contributed by atoms with Crippen molar-refractivity contribution in [2.45, 2.75) is 6.10 Å². The minimum absolute atomic E-state index is 0.285. The zero-order valence-electron chi connectivity index (χ0n) is 16.0. The lowest BCUT2D eigenvalue weighted by molar-refractivity contribution is 0.216. The molecule has 0 amide bonds. The lowest BCUT2D eigenvalue weighted by Crippen LogP contribution is -2.03. The summed E-state index contributed by atoms with van der Waals surface area (Å²) in [5.41, 5.74) is 3.14. The van der Waals surface area contributed by atoms with Gasteiger partial charge in [0.05, 0.1) is 12.8 Å². The van der Waals surface area contributed by atoms with E-state index in [4.69, 9.17) is 4.74 Å². The molecule has 1 atom stereocenters. The molecule has 0 fully saturated rings. The SMILES string of the molecule is COc1cc(F)ccc1-c1cc(-c2ccc(F)cc2)[nH]c1C(O)c1cccc(F)c1. The van der Waals surface area contributed by atoms with E-state index in [2.05, 4.69) is 4.98 Å². The second-order valence-corrected chi connectivity index (χ2v) is 6.82. The third-order valence-electron chi connectivity index (χ3n) is 4.90. The number of halogens is 3. The second-order valence-electron chi connectivity index (χ2n) is 6.82. The topological polar surface area (TPSA) is 45.2 Å². The van der Waals surface area contributed by atoms with Crippen LogP contribution in [0.15, 0.2) is 72.8 Å². The number of nitrogens with one attached hydrogen (secondary N) is 1. The number of ether oxygens (including phenoxy) is 1. The number of methoxy groups -OCH3 is 1. The van der Waals surface area contributed by atoms with Gasteiger partial charge in [0.25, 0.3) is 0 Å². The molecule has 0 bridgehead atoms. The third kappa shape index (κ3) is 3.82. The lowest BCUT2D eigenvalue weighted by atomic mass is 9.98. The zero-order chi connectivity index (χ0) is 21.3. The molecule has 4 rings (SSSR count). The van der Waals surface area contributed by atoms with E-state index in [9.17, 15) is 18.3 Å². The summed E-state index contributed by atoms with van der Waals surface area (Å²) in [5.74, 6) is -1.02. The standard InChI is InChI=1S/C24H18F3NO2/c1-30-22-12-18(27)9-10-19(22)20-13-21(14-5-7-16(25)8-6-14)28-23(20)24(29)15-3-2-4-17(26)11-15/h2-13,24,28-29H,1H3. The number of aliphatic hydroxyl groups excluding tert-OH is 1. The average molecular weight is 409 g/mol. The molecule has 3 nitrogen and oxygen atoms in total. The number of H-pyrrole nitrogens is 1. The van der Waals surface area contributed by atoms with Crippen LogP contribution < -0.4 is 4.74 Å². The van der Waals surface area contributed by atoms with Gasteiger partial charge in [0.2, 0.25) is 0 Å². The van der Waals surface area contributed by atoms with Gasteiger partial charge >= 0.3 is 0 Å². The van der Waals surface area contributed by atoms with Crippen molar-refractivity contribution in [2.75, 3.05) is 7.11 Å². The van der Waals surface area contributed by atoms with Gasteiger partial charge in [0.1, 0.15) is 29.3 Å². The molecule has 30 heavy (non-hydrogen) atoms. The quantitative estimate of drug-likeness (QED) is 0.434. The minimum Gasteiger partial charge on any atom is -0.496 e. The smallest absolute Gasteiger partial charge is 0.129 e. The average Bonchev–Trinajstić information content (AvgIpc) is 3.18. The molecular formula is C24H18F3NO2. The van der Waals surface area contributed by atoms with Gasteiger partial charge in [-0.25, -0.2) is 13.2 Å². The summed E-state index contributed by atoms with van der Waals surface area (Å²) in [7, 11) is 1.43. The van der Waals surface area contributed by atoms with Crippen LogP contribution >= 0.6 is 0 Å². The van der Waals surface area contributed by atoms with Crippen LogP contribution in [0.25, 0.3) is 22.4 Å². The summed E-state index contributed by atoms with van der Waals surface area (Å²) >= 11 is 0. The fourth-order valence-corrected chi connectivity index (χ4v) is 3.42. The van der Waals surface area contributed by atoms with Crippen molar-refractivity contribution in [3.8, 4) is 28.1 Å². The van der Waals surface area contributed by atoms with Crippen molar-refractivity contribution >= 4 is 0 Å². The number of hydrogen-bond donors (Lipinski definition) is 2. The van der Waals surface area contributed by atoms with E-state index in [-0.39, 0.29) is 11.6 Å². The summed E-state index contributed by atoms with van der Waals surface area (Å²) in [5, 5.41) is 11.0. The van der Waals surface area contributed by atoms with Gasteiger partial charge in [-0.3, -0.25) is 0 Å². The van der Waals surface area contributed by atoms with E-state index in [0.29, 0.717) is 33.6 Å². The van der Waals surface area contributed by atoms with Crippen LogP contribution in [0, 0.1) is 17.5 Å². The van der Waals surface area contributed by atoms with Gasteiger partial charge in [0, 0.05) is 22.9 Å². The Kier molecular flexibility index (Phi) is 5.33. The first-order chi connectivity index (χ1) is 14.5. The summed E-state index contributed by atoms with van der Waals surface area (Å²) < 4.78 is 46.1. The number of benzene rings is 3. The molecule has 1 heterocycles. The molecule has 4 aromatic rings. The number of rotatable bonds is 5. The van der Waals surface area contributed by atoms with Crippen LogP contribution in [0.1, 0.15) is 17.4 Å². The second kappa shape index (κ2) is 8.08. The van der Waals surface area contributed by atoms with Crippen molar-refractivity contribution in [2.24, 2.45) is 0 Å². The Morgan fingerprint density at radius 3 is 2.20 bits per heavy atom. The first-order valence-electron chi connectivity index (χ1n) is 9.22. The van der Waals surface area contributed by atoms with Crippen LogP contribution in [0.4, 0.5) is 13.2 Å². The molecule has 0 aliphatic rings. The molecule has 0 aliphatic heterocycles. The Bertz CT molecular complexity index is 1190. The Morgan fingerprint density at radius 2 is 1.50 bits per heavy atom. The molecule has 0 radical (unpaired) electrons. The van der Waals surface area contributed by atoms with E-state index in [1.807, 2.05) is 0 Å². The fourth-order valence-electron chi connectivity index (χ4n) is 3.42. The summed E-state index contributed by atoms with van der Waals surface area (Å²) in [6.07, 6.45) is -1.18. The number of aromatic nitrogens is 1. The maximum Gasteiger partial charge on any atom is 0.129 e. The van der Waals surface area contributed by atoms with Gasteiger partial charge in [0.15, 0.2) is 0 Å². The van der Waals surface area contributed by atoms with Crippen LogP contribution in [-0.2, 0) is 0 Å². The molecule has 0 aliphatic carbocycles. The molecule has 152 valence electrons. The lowest BCUT2D eigenvalue weighted by Gasteiger charge is -2.14. The van der Waals surface area contributed by atoms with Gasteiger partial charge < -0.3 is 14.8 Å². The molecule has 2 N–H and O–H groups in total. The largest absolute Gasteiger partial charge is 0.496 e. The van der Waals surface area contributed by atoms with E-state index >= 15 is 0 Å². The van der Waals surface area contributed by atoms with Gasteiger partial charge in [-0.1, -0.05) is 12.1 Å². The van der Waals surface area contributed by atoms with Gasteiger partial charge in [-0.15, -0.1) is 0 Å². The van der Waals surface area contributed by atoms with Gasteiger partial charge in [-0.2, -0.15) is 0 Å². The first kappa shape index (κ1) is 19.8. The Morgan fingerprint density at radius 1 is 0.800 bits per heavy atom. The van der Waals surface area contributed by atoms with E-state index in [1.54, 1.807) is 30.3 Å². The Balaban J connectivity index is 1.90. The third-order valence-corrected chi connectivity index (χ3v) is 4.90. The first-order valence-corrected chi connectivity index (χ1v) is 9.22. The predicted molar refractivity (Wildman–Crippen MR) is 109 cm³/mol. The number of hydrogen-bond acceptors (Lipinski definition) is 2. The maximum atomic E-state index is 13.7. The maximum absolute atomic E-state index is 13.7. The van der Waals surface area contributed by atoms with Gasteiger partial charge in [-0.05, 0) is 65.7 Å². The highest BCUT2D eigenvalue weighted by atomic mass is 19.1. The van der Waals surface area contributed by atoms with Crippen LogP contribution in [-0.4, -0.2) is 17.2 Å². The monoisotopic (exact) mass is 409 g/mol. The van der Waals surface area contributed by atoms with Crippen molar-refractivity contribution in [3.63, 3.8) is 0 Å². The molecule has 0 saturated heterocycles. The predicted octanol–water partition coefficient (Wildman–Crippen LogP) is 5.86. The minimum atomic E-state index is -1.18. The zero-order valence-corrected chi connectivity index (χ0v) is 16.0. The number of aromatic amines is 1. The fraction of sp³-hybridized carbons (Fsp3) is 0.0833. The highest BCUT2D eigenvalue weighted by molar-refractivity contribution is 5.78. The van der Waals surface area contributed by atoms with Crippen molar-refractivity contribution in [1.29, 1.82) is 0 Å². The van der Waals surface area contributed by atoms with Crippen molar-refractivity contribution < 1.29 is 23.0 Å². The summed E-state index contributed by atoms with van der Waals surface area (Å²) in [6.45, 7) is 0. The Hall–Kier alpha value is -3.51. The summed E-state index contributed by atoms with van der Waals surface area (Å²) in [4.78, 5) is 3.16. The molecule has 0 spiro atoms. The highest BCUT2D eigenvalue weighted by Gasteiger charge is 2.22. The van der Waals surface area contributed by atoms with Crippen molar-refractivity contribution in [3.05, 3.63) is 102 Å². The molecular weight excluding hydrogens is 391 g/mol. The summed E-state index contributed by atoms with van der Waals surface area (Å²) in [6, 6.07) is 17.4. The highest BCUT2D eigenvalue weighted by Crippen LogP contribution is 2.39. The van der Waals surface area contributed by atoms with E-state index < -0.39 is 17.7 Å². The molecule has 1 unspecified atom stereocenters. The Labute approximate surface area is 171 Å². The van der Waals surface area contributed by atoms with Crippen molar-refractivity contribution in [1.82, 2.24) is 4.98 Å². The molecule has 0 saturated carbocycles. The molecule has 3 aromatic carbocycles. The molecule has 1 aromatic heterocycles. The molecule has 6 heteroatoms. The van der Waals surface area contributed by atoms with E-state index in [0.717, 1.165) is 0 Å². The van der Waals surface area contributed by atoms with Crippen LogP contribution in [0.2, 0.25) is 0 Å².